The first kappa shape index (κ1) is 15.8. The molecule has 0 aliphatic rings. The molecular formula is C17H17N3O4. The summed E-state index contributed by atoms with van der Waals surface area (Å²) >= 11 is 0. The summed E-state index contributed by atoms with van der Waals surface area (Å²) in [5.74, 6) is 1.76. The minimum Gasteiger partial charge on any atom is -0.497 e. The van der Waals surface area contributed by atoms with Crippen LogP contribution in [0.5, 0.6) is 17.2 Å². The van der Waals surface area contributed by atoms with E-state index in [-0.39, 0.29) is 18.0 Å². The molecule has 0 fully saturated rings. The van der Waals surface area contributed by atoms with Gasteiger partial charge in [-0.05, 0) is 12.1 Å². The quantitative estimate of drug-likeness (QED) is 0.700. The molecule has 124 valence electrons. The highest BCUT2D eigenvalue weighted by Gasteiger charge is 2.18. The number of fused-ring (bicyclic) bond motifs is 1. The highest BCUT2D eigenvalue weighted by atomic mass is 16.5. The average Bonchev–Trinajstić information content (AvgIpc) is 3.04. The van der Waals surface area contributed by atoms with Crippen molar-refractivity contribution in [2.45, 2.75) is 6.42 Å². The summed E-state index contributed by atoms with van der Waals surface area (Å²) in [4.78, 5) is 24.1. The largest absolute Gasteiger partial charge is 0.497 e. The standard InChI is InChI=1S/C17H17N3O4/c1-22-10-4-5-11-12(8-10)20-17(19-11)14(21)9-13-16(24-3)15(23-2)6-7-18-13/h4-8H,9H2,1-3H3,(H,19,20). The minimum atomic E-state index is -0.191. The second-order valence-corrected chi connectivity index (χ2v) is 5.06. The van der Waals surface area contributed by atoms with Crippen molar-refractivity contribution in [1.29, 1.82) is 0 Å². The van der Waals surface area contributed by atoms with Gasteiger partial charge in [0.25, 0.3) is 0 Å². The number of rotatable bonds is 6. The Morgan fingerprint density at radius 1 is 1.12 bits per heavy atom. The first-order valence-electron chi connectivity index (χ1n) is 7.29. The van der Waals surface area contributed by atoms with E-state index in [2.05, 4.69) is 15.0 Å². The van der Waals surface area contributed by atoms with Crippen molar-refractivity contribution < 1.29 is 19.0 Å². The molecule has 2 heterocycles. The average molecular weight is 327 g/mol. The number of aromatic amines is 1. The monoisotopic (exact) mass is 327 g/mol. The lowest BCUT2D eigenvalue weighted by atomic mass is 10.1. The van der Waals surface area contributed by atoms with E-state index in [4.69, 9.17) is 14.2 Å². The van der Waals surface area contributed by atoms with Crippen LogP contribution in [0.4, 0.5) is 0 Å². The van der Waals surface area contributed by atoms with Crippen LogP contribution >= 0.6 is 0 Å². The Kier molecular flexibility index (Phi) is 4.33. The van der Waals surface area contributed by atoms with Crippen molar-refractivity contribution in [3.05, 3.63) is 42.0 Å². The van der Waals surface area contributed by atoms with Crippen molar-refractivity contribution in [3.63, 3.8) is 0 Å². The third kappa shape index (κ3) is 2.88. The summed E-state index contributed by atoms with van der Waals surface area (Å²) in [5.41, 5.74) is 1.94. The van der Waals surface area contributed by atoms with Crippen LogP contribution in [0.2, 0.25) is 0 Å². The van der Waals surface area contributed by atoms with E-state index < -0.39 is 0 Å². The van der Waals surface area contributed by atoms with E-state index in [0.29, 0.717) is 28.5 Å². The molecule has 0 aliphatic carbocycles. The maximum Gasteiger partial charge on any atom is 0.204 e. The summed E-state index contributed by atoms with van der Waals surface area (Å²) in [6.45, 7) is 0. The number of ketones is 1. The second kappa shape index (κ2) is 6.57. The van der Waals surface area contributed by atoms with E-state index in [1.165, 1.54) is 14.2 Å². The molecule has 0 aliphatic heterocycles. The molecule has 7 heteroatoms. The van der Waals surface area contributed by atoms with Gasteiger partial charge in [0.05, 0.1) is 44.5 Å². The van der Waals surface area contributed by atoms with Gasteiger partial charge in [0.15, 0.2) is 17.3 Å². The first-order valence-corrected chi connectivity index (χ1v) is 7.29. The number of nitrogens with one attached hydrogen (secondary N) is 1. The molecule has 0 atom stereocenters. The van der Waals surface area contributed by atoms with Crippen LogP contribution in [0.1, 0.15) is 16.3 Å². The lowest BCUT2D eigenvalue weighted by molar-refractivity contribution is 0.0982. The van der Waals surface area contributed by atoms with Crippen molar-refractivity contribution in [1.82, 2.24) is 15.0 Å². The molecule has 0 saturated heterocycles. The van der Waals surface area contributed by atoms with E-state index in [0.717, 1.165) is 5.52 Å². The van der Waals surface area contributed by atoms with Crippen LogP contribution in [-0.2, 0) is 6.42 Å². The van der Waals surface area contributed by atoms with Crippen molar-refractivity contribution in [2.75, 3.05) is 21.3 Å². The fourth-order valence-electron chi connectivity index (χ4n) is 2.46. The third-order valence-electron chi connectivity index (χ3n) is 3.65. The summed E-state index contributed by atoms with van der Waals surface area (Å²) < 4.78 is 15.7. The van der Waals surface area contributed by atoms with Gasteiger partial charge in [-0.15, -0.1) is 0 Å². The predicted octanol–water partition coefficient (Wildman–Crippen LogP) is 2.41. The Morgan fingerprint density at radius 3 is 2.67 bits per heavy atom. The lowest BCUT2D eigenvalue weighted by Crippen LogP contribution is -2.09. The Balaban J connectivity index is 1.90. The number of carbonyl (C=O) groups excluding carboxylic acids is 1. The molecule has 0 unspecified atom stereocenters. The number of H-pyrrole nitrogens is 1. The number of hydrogen-bond acceptors (Lipinski definition) is 6. The van der Waals surface area contributed by atoms with Crippen molar-refractivity contribution in [2.24, 2.45) is 0 Å². The number of carbonyl (C=O) groups is 1. The van der Waals surface area contributed by atoms with Crippen molar-refractivity contribution in [3.8, 4) is 17.2 Å². The van der Waals surface area contributed by atoms with E-state index in [1.807, 2.05) is 0 Å². The van der Waals surface area contributed by atoms with Gasteiger partial charge in [0.1, 0.15) is 5.75 Å². The first-order chi connectivity index (χ1) is 11.7. The van der Waals surface area contributed by atoms with Gasteiger partial charge in [0.2, 0.25) is 5.78 Å². The molecule has 3 aromatic rings. The molecule has 1 N–H and O–H groups in total. The van der Waals surface area contributed by atoms with E-state index in [9.17, 15) is 4.79 Å². The van der Waals surface area contributed by atoms with Gasteiger partial charge in [-0.2, -0.15) is 0 Å². The lowest BCUT2D eigenvalue weighted by Gasteiger charge is -2.10. The Labute approximate surface area is 138 Å². The molecule has 24 heavy (non-hydrogen) atoms. The highest BCUT2D eigenvalue weighted by Crippen LogP contribution is 2.29. The molecule has 0 spiro atoms. The fourth-order valence-corrected chi connectivity index (χ4v) is 2.46. The van der Waals surface area contributed by atoms with Crippen LogP contribution in [0.3, 0.4) is 0 Å². The minimum absolute atomic E-state index is 0.0529. The number of nitrogens with zero attached hydrogens (tertiary/aromatic N) is 2. The second-order valence-electron chi connectivity index (χ2n) is 5.06. The SMILES string of the molecule is COc1ccc2nc(C(=O)Cc3nccc(OC)c3OC)[nH]c2c1. The maximum atomic E-state index is 12.5. The highest BCUT2D eigenvalue weighted by molar-refractivity contribution is 5.97. The zero-order valence-corrected chi connectivity index (χ0v) is 13.6. The molecule has 1 aromatic carbocycles. The molecule has 0 bridgehead atoms. The number of ether oxygens (including phenoxy) is 3. The Hall–Kier alpha value is -3.09. The summed E-state index contributed by atoms with van der Waals surface area (Å²) in [6, 6.07) is 7.07. The molecule has 2 aromatic heterocycles. The normalized spacial score (nSPS) is 10.6. The summed E-state index contributed by atoms with van der Waals surface area (Å²) in [7, 11) is 4.64. The summed E-state index contributed by atoms with van der Waals surface area (Å²) in [6.07, 6.45) is 1.63. The zero-order valence-electron chi connectivity index (χ0n) is 13.6. The van der Waals surface area contributed by atoms with Gasteiger partial charge in [-0.3, -0.25) is 9.78 Å². The molecule has 0 radical (unpaired) electrons. The maximum absolute atomic E-state index is 12.5. The van der Waals surface area contributed by atoms with Gasteiger partial charge >= 0.3 is 0 Å². The van der Waals surface area contributed by atoms with E-state index >= 15 is 0 Å². The van der Waals surface area contributed by atoms with Crippen LogP contribution in [0, 0.1) is 0 Å². The van der Waals surface area contributed by atoms with E-state index in [1.54, 1.807) is 37.6 Å². The number of benzene rings is 1. The van der Waals surface area contributed by atoms with Gasteiger partial charge in [0, 0.05) is 18.3 Å². The van der Waals surface area contributed by atoms with Crippen LogP contribution in [-0.4, -0.2) is 42.1 Å². The number of aromatic nitrogens is 3. The van der Waals surface area contributed by atoms with Gasteiger partial charge < -0.3 is 19.2 Å². The number of Topliss-reactive ketones (excluding diaryl/α,β-unsaturated/α-hetero) is 1. The number of methoxy groups -OCH3 is 3. The fraction of sp³-hybridized carbons (Fsp3) is 0.235. The topological polar surface area (TPSA) is 86.3 Å². The van der Waals surface area contributed by atoms with Crippen molar-refractivity contribution >= 4 is 16.8 Å². The molecule has 3 rings (SSSR count). The number of pyridine rings is 1. The number of imidazole rings is 1. The molecular weight excluding hydrogens is 310 g/mol. The molecule has 0 amide bonds. The van der Waals surface area contributed by atoms with Crippen LogP contribution < -0.4 is 14.2 Å². The smallest absolute Gasteiger partial charge is 0.204 e. The molecule has 0 saturated carbocycles. The van der Waals surface area contributed by atoms with Gasteiger partial charge in [-0.25, -0.2) is 4.98 Å². The Bertz CT molecular complexity index is 889. The number of hydrogen-bond donors (Lipinski definition) is 1. The predicted molar refractivity (Wildman–Crippen MR) is 88.0 cm³/mol. The van der Waals surface area contributed by atoms with Crippen LogP contribution in [0.15, 0.2) is 30.5 Å². The van der Waals surface area contributed by atoms with Crippen LogP contribution in [0.25, 0.3) is 11.0 Å². The zero-order chi connectivity index (χ0) is 17.1. The summed E-state index contributed by atoms with van der Waals surface area (Å²) in [5, 5.41) is 0. The van der Waals surface area contributed by atoms with Gasteiger partial charge in [-0.1, -0.05) is 0 Å². The third-order valence-corrected chi connectivity index (χ3v) is 3.65. The molecule has 7 nitrogen and oxygen atoms in total. The Morgan fingerprint density at radius 2 is 1.96 bits per heavy atom.